The molecule has 6 nitrogen and oxygen atoms in total. The van der Waals surface area contributed by atoms with Crippen molar-refractivity contribution in [3.05, 3.63) is 71.8 Å². The predicted octanol–water partition coefficient (Wildman–Crippen LogP) is 3.90. The van der Waals surface area contributed by atoms with Crippen LogP contribution in [0, 0.1) is 11.8 Å². The lowest BCUT2D eigenvalue weighted by Gasteiger charge is -2.28. The van der Waals surface area contributed by atoms with Gasteiger partial charge in [0.05, 0.1) is 12.0 Å². The second-order valence-electron chi connectivity index (χ2n) is 8.42. The second-order valence-corrected chi connectivity index (χ2v) is 8.42. The molecule has 1 saturated heterocycles. The summed E-state index contributed by atoms with van der Waals surface area (Å²) in [5, 5.41) is 0. The van der Waals surface area contributed by atoms with Crippen LogP contribution in [0.25, 0.3) is 0 Å². The third-order valence-corrected chi connectivity index (χ3v) is 5.70. The number of hydrogen-bond donors (Lipinski definition) is 0. The van der Waals surface area contributed by atoms with E-state index in [1.54, 1.807) is 11.9 Å². The Labute approximate surface area is 183 Å². The summed E-state index contributed by atoms with van der Waals surface area (Å²) in [5.41, 5.74) is 1.97. The highest BCUT2D eigenvalue weighted by Crippen LogP contribution is 2.25. The molecular weight excluding hydrogens is 392 g/mol. The van der Waals surface area contributed by atoms with Gasteiger partial charge in [-0.05, 0) is 23.5 Å². The van der Waals surface area contributed by atoms with Gasteiger partial charge in [0.15, 0.2) is 0 Å². The lowest BCUT2D eigenvalue weighted by Crippen LogP contribution is -2.46. The molecule has 1 fully saturated rings. The van der Waals surface area contributed by atoms with Crippen LogP contribution in [0.1, 0.15) is 31.4 Å². The highest BCUT2D eigenvalue weighted by molar-refractivity contribution is 5.96. The summed E-state index contributed by atoms with van der Waals surface area (Å²) >= 11 is 0. The molecule has 0 aliphatic carbocycles. The first-order valence-electron chi connectivity index (χ1n) is 10.7. The maximum Gasteiger partial charge on any atom is 0.416 e. The maximum atomic E-state index is 13.4. The van der Waals surface area contributed by atoms with E-state index in [1.807, 2.05) is 74.5 Å². The quantitative estimate of drug-likeness (QED) is 0.647. The van der Waals surface area contributed by atoms with E-state index < -0.39 is 12.0 Å². The minimum atomic E-state index is -0.639. The van der Waals surface area contributed by atoms with Crippen molar-refractivity contribution in [1.29, 1.82) is 0 Å². The van der Waals surface area contributed by atoms with E-state index in [4.69, 9.17) is 4.74 Å². The Hall–Kier alpha value is -3.15. The molecule has 0 radical (unpaired) electrons. The molecule has 0 aromatic heterocycles. The first-order valence-corrected chi connectivity index (χ1v) is 10.7. The Bertz CT molecular complexity index is 898. The van der Waals surface area contributed by atoms with Crippen molar-refractivity contribution >= 4 is 17.9 Å². The fraction of sp³-hybridized carbons (Fsp3) is 0.400. The monoisotopic (exact) mass is 422 g/mol. The van der Waals surface area contributed by atoms with Gasteiger partial charge in [0.1, 0.15) is 6.61 Å². The topological polar surface area (TPSA) is 66.9 Å². The van der Waals surface area contributed by atoms with Gasteiger partial charge in [-0.2, -0.15) is 0 Å². The summed E-state index contributed by atoms with van der Waals surface area (Å²) in [6.07, 6.45) is -0.197. The van der Waals surface area contributed by atoms with Gasteiger partial charge in [0.2, 0.25) is 11.8 Å². The minimum Gasteiger partial charge on any atom is -0.447 e. The number of amides is 3. The number of imide groups is 1. The summed E-state index contributed by atoms with van der Waals surface area (Å²) in [5.74, 6) is -1.04. The third kappa shape index (κ3) is 5.72. The second kappa shape index (κ2) is 10.2. The average Bonchev–Trinajstić information content (AvgIpc) is 3.15. The molecule has 3 amide bonds. The number of cyclic esters (lactones) is 1. The van der Waals surface area contributed by atoms with E-state index in [0.717, 1.165) is 11.1 Å². The van der Waals surface area contributed by atoms with Crippen LogP contribution in [-0.2, 0) is 27.3 Å². The lowest BCUT2D eigenvalue weighted by molar-refractivity contribution is -0.140. The number of hydrogen-bond acceptors (Lipinski definition) is 4. The van der Waals surface area contributed by atoms with Gasteiger partial charge in [0.25, 0.3) is 0 Å². The Morgan fingerprint density at radius 2 is 1.61 bits per heavy atom. The molecule has 31 heavy (non-hydrogen) atoms. The molecule has 2 unspecified atom stereocenters. The SMILES string of the molecule is CC(C)C1COC(=O)N1C(=O)C(CC(=O)N(C)Cc1ccccc1)Cc1ccccc1. The summed E-state index contributed by atoms with van der Waals surface area (Å²) in [7, 11) is 1.74. The van der Waals surface area contributed by atoms with E-state index in [-0.39, 0.29) is 36.8 Å². The van der Waals surface area contributed by atoms with Crippen LogP contribution in [0.5, 0.6) is 0 Å². The van der Waals surface area contributed by atoms with E-state index in [2.05, 4.69) is 0 Å². The number of benzene rings is 2. The molecule has 1 heterocycles. The van der Waals surface area contributed by atoms with Gasteiger partial charge in [0, 0.05) is 20.0 Å². The van der Waals surface area contributed by atoms with Crippen molar-refractivity contribution in [2.45, 2.75) is 39.3 Å². The van der Waals surface area contributed by atoms with Crippen LogP contribution < -0.4 is 0 Å². The Kier molecular flexibility index (Phi) is 7.45. The number of rotatable bonds is 8. The summed E-state index contributed by atoms with van der Waals surface area (Å²) in [6.45, 7) is 4.57. The van der Waals surface area contributed by atoms with Gasteiger partial charge < -0.3 is 9.64 Å². The summed E-state index contributed by atoms with van der Waals surface area (Å²) in [6, 6.07) is 19.0. The molecule has 2 aromatic rings. The number of carbonyl (C=O) groups is 3. The zero-order valence-electron chi connectivity index (χ0n) is 18.4. The highest BCUT2D eigenvalue weighted by atomic mass is 16.6. The standard InChI is InChI=1S/C25H30N2O4/c1-18(2)22-17-31-25(30)27(22)24(29)21(14-19-10-6-4-7-11-19)15-23(28)26(3)16-20-12-8-5-9-13-20/h4-13,18,21-22H,14-17H2,1-3H3. The highest BCUT2D eigenvalue weighted by Gasteiger charge is 2.42. The van der Waals surface area contributed by atoms with Gasteiger partial charge in [-0.1, -0.05) is 74.5 Å². The van der Waals surface area contributed by atoms with Crippen LogP contribution in [0.15, 0.2) is 60.7 Å². The third-order valence-electron chi connectivity index (χ3n) is 5.70. The molecule has 0 N–H and O–H groups in total. The first-order chi connectivity index (χ1) is 14.9. The van der Waals surface area contributed by atoms with E-state index >= 15 is 0 Å². The molecule has 2 atom stereocenters. The van der Waals surface area contributed by atoms with Crippen LogP contribution in [-0.4, -0.2) is 47.4 Å². The fourth-order valence-corrected chi connectivity index (χ4v) is 3.83. The molecule has 3 rings (SSSR count). The number of nitrogens with zero attached hydrogens (tertiary/aromatic N) is 2. The van der Waals surface area contributed by atoms with Crippen LogP contribution in [0.2, 0.25) is 0 Å². The molecule has 0 bridgehead atoms. The average molecular weight is 423 g/mol. The zero-order chi connectivity index (χ0) is 22.4. The van der Waals surface area contributed by atoms with E-state index in [0.29, 0.717) is 13.0 Å². The van der Waals surface area contributed by atoms with Crippen LogP contribution >= 0.6 is 0 Å². The molecule has 1 aliphatic rings. The van der Waals surface area contributed by atoms with Crippen molar-refractivity contribution in [3.63, 3.8) is 0 Å². The maximum absolute atomic E-state index is 13.4. The van der Waals surface area contributed by atoms with Crippen molar-refractivity contribution in [1.82, 2.24) is 9.80 Å². The molecule has 0 spiro atoms. The molecule has 1 aliphatic heterocycles. The Morgan fingerprint density at radius 3 is 2.19 bits per heavy atom. The van der Waals surface area contributed by atoms with Gasteiger partial charge in [-0.25, -0.2) is 9.69 Å². The van der Waals surface area contributed by atoms with Crippen LogP contribution in [0.3, 0.4) is 0 Å². The van der Waals surface area contributed by atoms with Crippen LogP contribution in [0.4, 0.5) is 4.79 Å². The van der Waals surface area contributed by atoms with Crippen molar-refractivity contribution < 1.29 is 19.1 Å². The summed E-state index contributed by atoms with van der Waals surface area (Å²) in [4.78, 5) is 41.6. The molecule has 0 saturated carbocycles. The minimum absolute atomic E-state index is 0.0334. The van der Waals surface area contributed by atoms with Crippen molar-refractivity contribution in [2.75, 3.05) is 13.7 Å². The van der Waals surface area contributed by atoms with E-state index in [9.17, 15) is 14.4 Å². The normalized spacial score (nSPS) is 16.8. The molecule has 2 aromatic carbocycles. The lowest BCUT2D eigenvalue weighted by atomic mass is 9.92. The molecule has 164 valence electrons. The predicted molar refractivity (Wildman–Crippen MR) is 118 cm³/mol. The fourth-order valence-electron chi connectivity index (χ4n) is 3.83. The smallest absolute Gasteiger partial charge is 0.416 e. The number of carbonyl (C=O) groups excluding carboxylic acids is 3. The zero-order valence-corrected chi connectivity index (χ0v) is 18.4. The Balaban J connectivity index is 1.78. The number of ether oxygens (including phenoxy) is 1. The summed E-state index contributed by atoms with van der Waals surface area (Å²) < 4.78 is 5.16. The van der Waals surface area contributed by atoms with Crippen molar-refractivity contribution in [2.24, 2.45) is 11.8 Å². The molecule has 6 heteroatoms. The van der Waals surface area contributed by atoms with Gasteiger partial charge in [-0.15, -0.1) is 0 Å². The molecular formula is C25H30N2O4. The van der Waals surface area contributed by atoms with Gasteiger partial charge in [-0.3, -0.25) is 9.59 Å². The van der Waals surface area contributed by atoms with Gasteiger partial charge >= 0.3 is 6.09 Å². The van der Waals surface area contributed by atoms with E-state index in [1.165, 1.54) is 4.90 Å². The first kappa shape index (κ1) is 22.5. The van der Waals surface area contributed by atoms with Crippen molar-refractivity contribution in [3.8, 4) is 0 Å². The largest absolute Gasteiger partial charge is 0.447 e. The Morgan fingerprint density at radius 1 is 1.03 bits per heavy atom.